The van der Waals surface area contributed by atoms with Crippen molar-refractivity contribution in [2.45, 2.75) is 26.1 Å². The van der Waals surface area contributed by atoms with Crippen LogP contribution >= 0.6 is 0 Å². The monoisotopic (exact) mass is 256 g/mol. The van der Waals surface area contributed by atoms with Gasteiger partial charge in [-0.05, 0) is 31.0 Å². The van der Waals surface area contributed by atoms with Gasteiger partial charge in [0.15, 0.2) is 9.84 Å². The molecule has 0 aromatic heterocycles. The van der Waals surface area contributed by atoms with Gasteiger partial charge < -0.3 is 9.84 Å². The molecule has 1 aliphatic heterocycles. The summed E-state index contributed by atoms with van der Waals surface area (Å²) in [4.78, 5) is 0. The molecule has 0 bridgehead atoms. The van der Waals surface area contributed by atoms with Gasteiger partial charge in [-0.2, -0.15) is 0 Å². The van der Waals surface area contributed by atoms with Gasteiger partial charge >= 0.3 is 0 Å². The fourth-order valence-electron chi connectivity index (χ4n) is 1.92. The molecule has 1 N–H and O–H groups in total. The number of aryl methyl sites for hydroxylation is 1. The maximum Gasteiger partial charge on any atom is 0.156 e. The predicted molar refractivity (Wildman–Crippen MR) is 65.0 cm³/mol. The SMILES string of the molecule is Cc1cccc(OC2CS(=O)(=O)CC2O)c1C. The molecule has 1 saturated heterocycles. The molecule has 94 valence electrons. The van der Waals surface area contributed by atoms with Crippen molar-refractivity contribution in [1.29, 1.82) is 0 Å². The fourth-order valence-corrected chi connectivity index (χ4v) is 3.59. The highest BCUT2D eigenvalue weighted by Gasteiger charge is 2.38. The van der Waals surface area contributed by atoms with Crippen molar-refractivity contribution in [3.63, 3.8) is 0 Å². The number of hydrogen-bond donors (Lipinski definition) is 1. The summed E-state index contributed by atoms with van der Waals surface area (Å²) in [5, 5.41) is 9.64. The second-order valence-electron chi connectivity index (χ2n) is 4.50. The maximum atomic E-state index is 11.4. The highest BCUT2D eigenvalue weighted by atomic mass is 32.2. The lowest BCUT2D eigenvalue weighted by Crippen LogP contribution is -2.30. The van der Waals surface area contributed by atoms with Crippen molar-refractivity contribution in [3.8, 4) is 5.75 Å². The van der Waals surface area contributed by atoms with Gasteiger partial charge in [-0.25, -0.2) is 8.42 Å². The van der Waals surface area contributed by atoms with Gasteiger partial charge in [0.2, 0.25) is 0 Å². The first-order chi connectivity index (χ1) is 7.89. The third kappa shape index (κ3) is 2.61. The molecule has 1 aliphatic rings. The number of ether oxygens (including phenoxy) is 1. The van der Waals surface area contributed by atoms with E-state index in [2.05, 4.69) is 0 Å². The van der Waals surface area contributed by atoms with Crippen LogP contribution in [0.1, 0.15) is 11.1 Å². The molecule has 0 aliphatic carbocycles. The number of benzene rings is 1. The molecule has 0 saturated carbocycles. The fraction of sp³-hybridized carbons (Fsp3) is 0.500. The standard InChI is InChI=1S/C12H16O4S/c1-8-4-3-5-11(9(8)2)16-12-7-17(14,15)6-10(12)13/h3-5,10,12-13H,6-7H2,1-2H3. The van der Waals surface area contributed by atoms with Crippen LogP contribution in [-0.4, -0.2) is 37.2 Å². The lowest BCUT2D eigenvalue weighted by Gasteiger charge is -2.18. The van der Waals surface area contributed by atoms with Crippen molar-refractivity contribution < 1.29 is 18.3 Å². The molecule has 2 unspecified atom stereocenters. The van der Waals surface area contributed by atoms with Gasteiger partial charge in [-0.3, -0.25) is 0 Å². The van der Waals surface area contributed by atoms with Gasteiger partial charge in [-0.15, -0.1) is 0 Å². The Morgan fingerprint density at radius 3 is 2.59 bits per heavy atom. The maximum absolute atomic E-state index is 11.4. The molecule has 2 rings (SSSR count). The third-order valence-electron chi connectivity index (χ3n) is 3.11. The summed E-state index contributed by atoms with van der Waals surface area (Å²) in [5.74, 6) is 0.329. The van der Waals surface area contributed by atoms with Crippen LogP contribution in [-0.2, 0) is 9.84 Å². The first-order valence-corrected chi connectivity index (χ1v) is 7.32. The third-order valence-corrected chi connectivity index (χ3v) is 4.79. The normalized spacial score (nSPS) is 27.0. The molecule has 2 atom stereocenters. The number of sulfone groups is 1. The lowest BCUT2D eigenvalue weighted by molar-refractivity contribution is 0.0733. The zero-order valence-electron chi connectivity index (χ0n) is 9.88. The number of aliphatic hydroxyl groups is 1. The molecule has 5 heteroatoms. The quantitative estimate of drug-likeness (QED) is 0.851. The van der Waals surface area contributed by atoms with Crippen LogP contribution in [0.2, 0.25) is 0 Å². The van der Waals surface area contributed by atoms with E-state index in [0.29, 0.717) is 5.75 Å². The molecule has 1 fully saturated rings. The average molecular weight is 256 g/mol. The Labute approximate surface area is 101 Å². The number of hydrogen-bond acceptors (Lipinski definition) is 4. The van der Waals surface area contributed by atoms with E-state index in [1.54, 1.807) is 6.07 Å². The molecule has 1 heterocycles. The van der Waals surface area contributed by atoms with E-state index in [1.165, 1.54) is 0 Å². The Hall–Kier alpha value is -1.07. The van der Waals surface area contributed by atoms with E-state index in [0.717, 1.165) is 11.1 Å². The highest BCUT2D eigenvalue weighted by molar-refractivity contribution is 7.91. The second-order valence-corrected chi connectivity index (χ2v) is 6.65. The Kier molecular flexibility index (Phi) is 3.14. The lowest BCUT2D eigenvalue weighted by atomic mass is 10.1. The van der Waals surface area contributed by atoms with Crippen LogP contribution in [0.25, 0.3) is 0 Å². The Morgan fingerprint density at radius 2 is 2.00 bits per heavy atom. The van der Waals surface area contributed by atoms with E-state index in [9.17, 15) is 13.5 Å². The molecule has 17 heavy (non-hydrogen) atoms. The summed E-state index contributed by atoms with van der Waals surface area (Å²) in [6.45, 7) is 3.88. The number of aliphatic hydroxyl groups excluding tert-OH is 1. The van der Waals surface area contributed by atoms with Crippen LogP contribution in [0, 0.1) is 13.8 Å². The zero-order chi connectivity index (χ0) is 12.6. The van der Waals surface area contributed by atoms with Crippen LogP contribution in [0.15, 0.2) is 18.2 Å². The Morgan fingerprint density at radius 1 is 1.29 bits per heavy atom. The van der Waals surface area contributed by atoms with E-state index < -0.39 is 22.0 Å². The number of rotatable bonds is 2. The summed E-state index contributed by atoms with van der Waals surface area (Å²) in [6.07, 6.45) is -1.58. The molecule has 1 aromatic rings. The van der Waals surface area contributed by atoms with Crippen LogP contribution < -0.4 is 4.74 Å². The van der Waals surface area contributed by atoms with Gasteiger partial charge in [0.05, 0.1) is 11.5 Å². The smallest absolute Gasteiger partial charge is 0.156 e. The molecule has 4 nitrogen and oxygen atoms in total. The van der Waals surface area contributed by atoms with E-state index in [4.69, 9.17) is 4.74 Å². The molecular weight excluding hydrogens is 240 g/mol. The van der Waals surface area contributed by atoms with Crippen molar-refractivity contribution in [1.82, 2.24) is 0 Å². The van der Waals surface area contributed by atoms with Crippen molar-refractivity contribution in [2.24, 2.45) is 0 Å². The van der Waals surface area contributed by atoms with Gasteiger partial charge in [0, 0.05) is 0 Å². The summed E-state index contributed by atoms with van der Waals surface area (Å²) in [6, 6.07) is 5.61. The minimum Gasteiger partial charge on any atom is -0.486 e. The summed E-state index contributed by atoms with van der Waals surface area (Å²) < 4.78 is 28.3. The first kappa shape index (κ1) is 12.4. The summed E-state index contributed by atoms with van der Waals surface area (Å²) in [5.41, 5.74) is 2.06. The second kappa shape index (κ2) is 4.31. The van der Waals surface area contributed by atoms with Gasteiger partial charge in [0.25, 0.3) is 0 Å². The molecule has 0 spiro atoms. The van der Waals surface area contributed by atoms with E-state index >= 15 is 0 Å². The minimum absolute atomic E-state index is 0.110. The van der Waals surface area contributed by atoms with Gasteiger partial charge in [0.1, 0.15) is 18.0 Å². The van der Waals surface area contributed by atoms with Crippen LogP contribution in [0.4, 0.5) is 0 Å². The minimum atomic E-state index is -3.16. The van der Waals surface area contributed by atoms with E-state index in [1.807, 2.05) is 26.0 Å². The molecule has 0 amide bonds. The predicted octanol–water partition coefficient (Wildman–Crippen LogP) is 0.840. The topological polar surface area (TPSA) is 63.6 Å². The molecular formula is C12H16O4S. The summed E-state index contributed by atoms with van der Waals surface area (Å²) in [7, 11) is -3.16. The molecule has 1 aromatic carbocycles. The molecule has 0 radical (unpaired) electrons. The van der Waals surface area contributed by atoms with Crippen molar-refractivity contribution >= 4 is 9.84 Å². The Balaban J connectivity index is 2.20. The van der Waals surface area contributed by atoms with Crippen molar-refractivity contribution in [3.05, 3.63) is 29.3 Å². The average Bonchev–Trinajstić information content (AvgIpc) is 2.47. The zero-order valence-corrected chi connectivity index (χ0v) is 10.7. The first-order valence-electron chi connectivity index (χ1n) is 5.50. The van der Waals surface area contributed by atoms with Crippen molar-refractivity contribution in [2.75, 3.05) is 11.5 Å². The largest absolute Gasteiger partial charge is 0.486 e. The van der Waals surface area contributed by atoms with Crippen LogP contribution in [0.3, 0.4) is 0 Å². The highest BCUT2D eigenvalue weighted by Crippen LogP contribution is 2.25. The summed E-state index contributed by atoms with van der Waals surface area (Å²) >= 11 is 0. The van der Waals surface area contributed by atoms with Crippen LogP contribution in [0.5, 0.6) is 5.75 Å². The Bertz CT molecular complexity index is 521. The van der Waals surface area contributed by atoms with Gasteiger partial charge in [-0.1, -0.05) is 12.1 Å². The van der Waals surface area contributed by atoms with E-state index in [-0.39, 0.29) is 11.5 Å².